The van der Waals surface area contributed by atoms with Crippen molar-refractivity contribution in [1.29, 1.82) is 0 Å². The number of hydrogen-bond donors (Lipinski definition) is 1. The summed E-state index contributed by atoms with van der Waals surface area (Å²) in [5.41, 5.74) is 1.13. The number of halogens is 1. The Morgan fingerprint density at radius 1 is 1.26 bits per heavy atom. The first kappa shape index (κ1) is 17.2. The van der Waals surface area contributed by atoms with Crippen molar-refractivity contribution in [3.05, 3.63) is 53.1 Å². The predicted molar refractivity (Wildman–Crippen MR) is 92.8 cm³/mol. The van der Waals surface area contributed by atoms with Crippen LogP contribution in [0.2, 0.25) is 5.02 Å². The molecule has 0 aliphatic rings. The lowest BCUT2D eigenvalue weighted by Crippen LogP contribution is -2.13. The zero-order chi connectivity index (χ0) is 16.8. The highest BCUT2D eigenvalue weighted by molar-refractivity contribution is 6.32. The third-order valence-corrected chi connectivity index (χ3v) is 3.71. The second-order valence-electron chi connectivity index (χ2n) is 5.17. The highest BCUT2D eigenvalue weighted by atomic mass is 35.5. The van der Waals surface area contributed by atoms with E-state index in [9.17, 15) is 4.79 Å². The Balaban J connectivity index is 2.11. The van der Waals surface area contributed by atoms with E-state index in [4.69, 9.17) is 21.1 Å². The van der Waals surface area contributed by atoms with Crippen LogP contribution in [0.3, 0.4) is 0 Å². The largest absolute Gasteiger partial charge is 0.495 e. The van der Waals surface area contributed by atoms with Crippen LogP contribution < -0.4 is 14.8 Å². The third-order valence-electron chi connectivity index (χ3n) is 3.42. The molecule has 0 aromatic heterocycles. The van der Waals surface area contributed by atoms with E-state index in [1.54, 1.807) is 43.5 Å². The quantitative estimate of drug-likeness (QED) is 0.827. The number of hydrogen-bond acceptors (Lipinski definition) is 3. The molecule has 2 aromatic carbocycles. The molecule has 0 bridgehead atoms. The Morgan fingerprint density at radius 3 is 2.70 bits per heavy atom. The molecule has 1 amide bonds. The molecule has 0 radical (unpaired) electrons. The second-order valence-corrected chi connectivity index (χ2v) is 5.58. The lowest BCUT2D eigenvalue weighted by molar-refractivity contribution is 0.102. The molecule has 2 rings (SSSR count). The first-order valence-electron chi connectivity index (χ1n) is 7.45. The summed E-state index contributed by atoms with van der Waals surface area (Å²) in [6.45, 7) is 4.04. The number of methoxy groups -OCH3 is 1. The molecule has 0 fully saturated rings. The van der Waals surface area contributed by atoms with Gasteiger partial charge in [-0.1, -0.05) is 24.6 Å². The number of anilines is 1. The average Bonchev–Trinajstić information content (AvgIpc) is 2.55. The number of nitrogens with one attached hydrogen (secondary N) is 1. The lowest BCUT2D eigenvalue weighted by atomic mass is 10.2. The molecular weight excluding hydrogens is 314 g/mol. The van der Waals surface area contributed by atoms with Gasteiger partial charge in [-0.05, 0) is 49.7 Å². The van der Waals surface area contributed by atoms with E-state index in [0.717, 1.165) is 6.42 Å². The van der Waals surface area contributed by atoms with E-state index in [-0.39, 0.29) is 12.0 Å². The van der Waals surface area contributed by atoms with Gasteiger partial charge in [-0.25, -0.2) is 0 Å². The van der Waals surface area contributed by atoms with Crippen LogP contribution in [0, 0.1) is 0 Å². The summed E-state index contributed by atoms with van der Waals surface area (Å²) in [6, 6.07) is 12.2. The molecule has 23 heavy (non-hydrogen) atoms. The standard InChI is InChI=1S/C18H20ClNO3/c1-4-12(2)23-15-7-5-6-13(10-15)18(21)20-14-8-9-17(22-3)16(19)11-14/h5-12H,4H2,1-3H3,(H,20,21). The van der Waals surface area contributed by atoms with E-state index < -0.39 is 0 Å². The minimum absolute atomic E-state index is 0.105. The van der Waals surface area contributed by atoms with Gasteiger partial charge >= 0.3 is 0 Å². The van der Waals surface area contributed by atoms with Gasteiger partial charge in [-0.3, -0.25) is 4.79 Å². The molecule has 0 heterocycles. The molecule has 0 aliphatic heterocycles. The summed E-state index contributed by atoms with van der Waals surface area (Å²) < 4.78 is 10.8. The maximum atomic E-state index is 12.3. The van der Waals surface area contributed by atoms with Crippen molar-refractivity contribution in [1.82, 2.24) is 0 Å². The van der Waals surface area contributed by atoms with Gasteiger partial charge in [0.15, 0.2) is 0 Å². The average molecular weight is 334 g/mol. The number of carbonyl (C=O) groups excluding carboxylic acids is 1. The van der Waals surface area contributed by atoms with Crippen LogP contribution in [0.1, 0.15) is 30.6 Å². The first-order chi connectivity index (χ1) is 11.0. The molecule has 5 heteroatoms. The second kappa shape index (κ2) is 7.88. The number of rotatable bonds is 6. The van der Waals surface area contributed by atoms with Gasteiger partial charge in [0.05, 0.1) is 18.2 Å². The molecule has 0 saturated heterocycles. The van der Waals surface area contributed by atoms with Crippen molar-refractivity contribution < 1.29 is 14.3 Å². The van der Waals surface area contributed by atoms with E-state index in [0.29, 0.717) is 27.8 Å². The van der Waals surface area contributed by atoms with Crippen molar-refractivity contribution in [2.45, 2.75) is 26.4 Å². The van der Waals surface area contributed by atoms with Gasteiger partial charge in [0.25, 0.3) is 5.91 Å². The zero-order valence-corrected chi connectivity index (χ0v) is 14.2. The van der Waals surface area contributed by atoms with Crippen LogP contribution in [0.5, 0.6) is 11.5 Å². The smallest absolute Gasteiger partial charge is 0.255 e. The molecule has 1 N–H and O–H groups in total. The molecule has 1 unspecified atom stereocenters. The molecular formula is C18H20ClNO3. The Kier molecular flexibility index (Phi) is 5.88. The number of amides is 1. The number of benzene rings is 2. The monoisotopic (exact) mass is 333 g/mol. The molecule has 0 saturated carbocycles. The van der Waals surface area contributed by atoms with E-state index in [2.05, 4.69) is 12.2 Å². The summed E-state index contributed by atoms with van der Waals surface area (Å²) in [5.74, 6) is 1.02. The minimum atomic E-state index is -0.221. The normalized spacial score (nSPS) is 11.7. The van der Waals surface area contributed by atoms with Gasteiger partial charge in [0.1, 0.15) is 11.5 Å². The molecule has 1 atom stereocenters. The molecule has 0 spiro atoms. The summed E-state index contributed by atoms with van der Waals surface area (Å²) in [7, 11) is 1.54. The van der Waals surface area contributed by atoms with Crippen LogP contribution in [-0.4, -0.2) is 19.1 Å². The van der Waals surface area contributed by atoms with Crippen molar-refractivity contribution in [2.24, 2.45) is 0 Å². The summed E-state index contributed by atoms with van der Waals surface area (Å²) >= 11 is 6.06. The van der Waals surface area contributed by atoms with Crippen LogP contribution in [0.15, 0.2) is 42.5 Å². The van der Waals surface area contributed by atoms with Crippen molar-refractivity contribution in [2.75, 3.05) is 12.4 Å². The predicted octanol–water partition coefficient (Wildman–Crippen LogP) is 4.78. The summed E-state index contributed by atoms with van der Waals surface area (Å²) in [4.78, 5) is 12.3. The molecule has 4 nitrogen and oxygen atoms in total. The molecule has 0 aliphatic carbocycles. The highest BCUT2D eigenvalue weighted by Gasteiger charge is 2.10. The van der Waals surface area contributed by atoms with Gasteiger partial charge < -0.3 is 14.8 Å². The van der Waals surface area contributed by atoms with E-state index in [1.165, 1.54) is 0 Å². The Morgan fingerprint density at radius 2 is 2.04 bits per heavy atom. The summed E-state index contributed by atoms with van der Waals surface area (Å²) in [6.07, 6.45) is 1.01. The lowest BCUT2D eigenvalue weighted by Gasteiger charge is -2.13. The fourth-order valence-corrected chi connectivity index (χ4v) is 2.23. The van der Waals surface area contributed by atoms with Crippen LogP contribution in [0.25, 0.3) is 0 Å². The Hall–Kier alpha value is -2.20. The molecule has 2 aromatic rings. The van der Waals surface area contributed by atoms with E-state index in [1.807, 2.05) is 13.0 Å². The minimum Gasteiger partial charge on any atom is -0.495 e. The number of carbonyl (C=O) groups is 1. The SMILES string of the molecule is CCC(C)Oc1cccc(C(=O)Nc2ccc(OC)c(Cl)c2)c1. The van der Waals surface area contributed by atoms with Gasteiger partial charge in [-0.2, -0.15) is 0 Å². The Labute approximate surface area is 141 Å². The van der Waals surface area contributed by atoms with Crippen molar-refractivity contribution >= 4 is 23.2 Å². The van der Waals surface area contributed by atoms with Gasteiger partial charge in [0.2, 0.25) is 0 Å². The highest BCUT2D eigenvalue weighted by Crippen LogP contribution is 2.27. The maximum absolute atomic E-state index is 12.3. The zero-order valence-electron chi connectivity index (χ0n) is 13.4. The van der Waals surface area contributed by atoms with Gasteiger partial charge in [-0.15, -0.1) is 0 Å². The van der Waals surface area contributed by atoms with Crippen molar-refractivity contribution in [3.63, 3.8) is 0 Å². The van der Waals surface area contributed by atoms with E-state index >= 15 is 0 Å². The van der Waals surface area contributed by atoms with Crippen molar-refractivity contribution in [3.8, 4) is 11.5 Å². The third kappa shape index (κ3) is 4.63. The first-order valence-corrected chi connectivity index (χ1v) is 7.83. The fourth-order valence-electron chi connectivity index (χ4n) is 1.97. The fraction of sp³-hybridized carbons (Fsp3) is 0.278. The van der Waals surface area contributed by atoms with Crippen LogP contribution >= 0.6 is 11.6 Å². The van der Waals surface area contributed by atoms with Crippen LogP contribution in [0.4, 0.5) is 5.69 Å². The topological polar surface area (TPSA) is 47.6 Å². The molecule has 122 valence electrons. The van der Waals surface area contributed by atoms with Crippen LogP contribution in [-0.2, 0) is 0 Å². The maximum Gasteiger partial charge on any atom is 0.255 e. The van der Waals surface area contributed by atoms with Gasteiger partial charge in [0, 0.05) is 11.3 Å². The summed E-state index contributed by atoms with van der Waals surface area (Å²) in [5, 5.41) is 3.25. The number of ether oxygens (including phenoxy) is 2. The Bertz CT molecular complexity index is 688.